The largest absolute Gasteiger partial charge is 0.444 e. The predicted molar refractivity (Wildman–Crippen MR) is 69.2 cm³/mol. The van der Waals surface area contributed by atoms with E-state index in [1.54, 1.807) is 20.8 Å². The summed E-state index contributed by atoms with van der Waals surface area (Å²) in [6.45, 7) is 5.36. The zero-order valence-corrected chi connectivity index (χ0v) is 11.7. The predicted octanol–water partition coefficient (Wildman–Crippen LogP) is 2.46. The molecule has 2 N–H and O–H groups in total. The lowest BCUT2D eigenvalue weighted by molar-refractivity contribution is 0.0635. The van der Waals surface area contributed by atoms with Crippen LogP contribution >= 0.6 is 15.9 Å². The number of anilines is 1. The second kappa shape index (κ2) is 4.52. The van der Waals surface area contributed by atoms with Crippen LogP contribution in [0.2, 0.25) is 0 Å². The highest BCUT2D eigenvalue weighted by Gasteiger charge is 2.19. The highest BCUT2D eigenvalue weighted by atomic mass is 79.9. The number of hydrogen-bond acceptors (Lipinski definition) is 5. The minimum absolute atomic E-state index is 0.342. The maximum Gasteiger partial charge on any atom is 0.413 e. The van der Waals surface area contributed by atoms with Gasteiger partial charge in [-0.05, 0) is 36.7 Å². The molecular formula is C10H12BrN5O2. The summed E-state index contributed by atoms with van der Waals surface area (Å²) in [6, 6.07) is 0. The smallest absolute Gasteiger partial charge is 0.413 e. The minimum atomic E-state index is -0.574. The Balaban J connectivity index is 2.27. The fourth-order valence-corrected chi connectivity index (χ4v) is 1.77. The van der Waals surface area contributed by atoms with Gasteiger partial charge in [-0.2, -0.15) is 5.10 Å². The van der Waals surface area contributed by atoms with Gasteiger partial charge in [0.2, 0.25) is 0 Å². The molecule has 96 valence electrons. The lowest BCUT2D eigenvalue weighted by atomic mass is 10.2. The third kappa shape index (κ3) is 2.76. The molecule has 0 aliphatic carbocycles. The molecule has 0 bridgehead atoms. The Hall–Kier alpha value is -1.70. The van der Waals surface area contributed by atoms with E-state index < -0.39 is 11.7 Å². The molecule has 2 heterocycles. The summed E-state index contributed by atoms with van der Waals surface area (Å²) in [5, 5.41) is 9.82. The average molecular weight is 314 g/mol. The maximum absolute atomic E-state index is 11.7. The van der Waals surface area contributed by atoms with Crippen molar-refractivity contribution < 1.29 is 9.53 Å². The SMILES string of the molecule is CC(C)(C)OC(=O)Nc1ncnc2n[nH]c(Br)c12. The first-order chi connectivity index (χ1) is 8.37. The molecule has 0 spiro atoms. The van der Waals surface area contributed by atoms with Crippen molar-refractivity contribution in [3.05, 3.63) is 10.9 Å². The van der Waals surface area contributed by atoms with Crippen LogP contribution in [0.5, 0.6) is 0 Å². The maximum atomic E-state index is 11.7. The third-order valence-corrected chi connectivity index (χ3v) is 2.50. The van der Waals surface area contributed by atoms with Crippen LogP contribution < -0.4 is 5.32 Å². The number of nitrogens with one attached hydrogen (secondary N) is 2. The van der Waals surface area contributed by atoms with Crippen molar-refractivity contribution in [2.45, 2.75) is 26.4 Å². The number of aromatic nitrogens is 4. The minimum Gasteiger partial charge on any atom is -0.444 e. The molecular weight excluding hydrogens is 302 g/mol. The summed E-state index contributed by atoms with van der Waals surface area (Å²) < 4.78 is 5.75. The number of rotatable bonds is 1. The molecule has 0 saturated heterocycles. The lowest BCUT2D eigenvalue weighted by Crippen LogP contribution is -2.27. The molecule has 7 nitrogen and oxygen atoms in total. The van der Waals surface area contributed by atoms with Gasteiger partial charge >= 0.3 is 6.09 Å². The van der Waals surface area contributed by atoms with Crippen LogP contribution in [0.4, 0.5) is 10.6 Å². The Kier molecular flexibility index (Phi) is 3.20. The van der Waals surface area contributed by atoms with Crippen LogP contribution in [0.1, 0.15) is 20.8 Å². The lowest BCUT2D eigenvalue weighted by Gasteiger charge is -2.19. The number of ether oxygens (including phenoxy) is 1. The molecule has 0 saturated carbocycles. The Morgan fingerprint density at radius 2 is 2.17 bits per heavy atom. The number of fused-ring (bicyclic) bond motifs is 1. The number of carbonyl (C=O) groups excluding carboxylic acids is 1. The molecule has 0 fully saturated rings. The summed E-state index contributed by atoms with van der Waals surface area (Å²) in [5.74, 6) is 0.342. The molecule has 0 radical (unpaired) electrons. The van der Waals surface area contributed by atoms with Gasteiger partial charge in [-0.1, -0.05) is 0 Å². The van der Waals surface area contributed by atoms with Gasteiger partial charge in [0.1, 0.15) is 16.5 Å². The third-order valence-electron chi connectivity index (χ3n) is 1.93. The summed E-state index contributed by atoms with van der Waals surface area (Å²) in [5.41, 5.74) is -0.105. The van der Waals surface area contributed by atoms with Crippen molar-refractivity contribution in [2.75, 3.05) is 5.32 Å². The normalized spacial score (nSPS) is 11.6. The molecule has 0 aromatic carbocycles. The standard InChI is InChI=1S/C10H12BrN5O2/c1-10(2,3)18-9(17)14-7-5-6(11)15-16-8(5)13-4-12-7/h4H,1-3H3,(H2,12,13,14,15,16,17). The average Bonchev–Trinajstić information content (AvgIpc) is 2.58. The molecule has 2 aromatic rings. The number of aromatic amines is 1. The van der Waals surface area contributed by atoms with Crippen molar-refractivity contribution in [1.29, 1.82) is 0 Å². The fraction of sp³-hybridized carbons (Fsp3) is 0.400. The van der Waals surface area contributed by atoms with E-state index in [-0.39, 0.29) is 0 Å². The van der Waals surface area contributed by atoms with E-state index in [0.717, 1.165) is 0 Å². The first-order valence-corrected chi connectivity index (χ1v) is 6.01. The molecule has 0 aliphatic heterocycles. The van der Waals surface area contributed by atoms with Crippen molar-refractivity contribution >= 4 is 38.9 Å². The van der Waals surface area contributed by atoms with Crippen molar-refractivity contribution in [2.24, 2.45) is 0 Å². The first-order valence-electron chi connectivity index (χ1n) is 5.21. The number of nitrogens with zero attached hydrogens (tertiary/aromatic N) is 3. The van der Waals surface area contributed by atoms with Crippen LogP contribution in [-0.4, -0.2) is 31.9 Å². The Bertz CT molecular complexity index is 589. The van der Waals surface area contributed by atoms with Crippen LogP contribution in [0.25, 0.3) is 11.0 Å². The van der Waals surface area contributed by atoms with Gasteiger partial charge in [-0.25, -0.2) is 14.8 Å². The summed E-state index contributed by atoms with van der Waals surface area (Å²) in [7, 11) is 0. The van der Waals surface area contributed by atoms with Gasteiger partial charge < -0.3 is 4.74 Å². The molecule has 2 rings (SSSR count). The highest BCUT2D eigenvalue weighted by Crippen LogP contribution is 2.25. The highest BCUT2D eigenvalue weighted by molar-refractivity contribution is 9.10. The Morgan fingerprint density at radius 3 is 2.83 bits per heavy atom. The Morgan fingerprint density at radius 1 is 1.44 bits per heavy atom. The fourth-order valence-electron chi connectivity index (χ4n) is 1.32. The van der Waals surface area contributed by atoms with E-state index in [1.165, 1.54) is 6.33 Å². The van der Waals surface area contributed by atoms with Crippen molar-refractivity contribution in [1.82, 2.24) is 20.2 Å². The zero-order valence-electron chi connectivity index (χ0n) is 10.1. The van der Waals surface area contributed by atoms with E-state index in [4.69, 9.17) is 4.74 Å². The van der Waals surface area contributed by atoms with Crippen molar-refractivity contribution in [3.63, 3.8) is 0 Å². The molecule has 0 aliphatic rings. The summed E-state index contributed by atoms with van der Waals surface area (Å²) >= 11 is 3.28. The number of carbonyl (C=O) groups is 1. The van der Waals surface area contributed by atoms with Gasteiger partial charge in [-0.3, -0.25) is 10.4 Å². The quantitative estimate of drug-likeness (QED) is 0.843. The van der Waals surface area contributed by atoms with E-state index in [1.807, 2.05) is 0 Å². The van der Waals surface area contributed by atoms with Gasteiger partial charge in [0, 0.05) is 0 Å². The van der Waals surface area contributed by atoms with Crippen molar-refractivity contribution in [3.8, 4) is 0 Å². The molecule has 18 heavy (non-hydrogen) atoms. The molecule has 0 unspecified atom stereocenters. The molecule has 8 heteroatoms. The van der Waals surface area contributed by atoms with Crippen LogP contribution in [0, 0.1) is 0 Å². The second-order valence-corrected chi connectivity index (χ2v) is 5.38. The van der Waals surface area contributed by atoms with Crippen LogP contribution in [-0.2, 0) is 4.74 Å². The molecule has 2 aromatic heterocycles. The van der Waals surface area contributed by atoms with Crippen LogP contribution in [0.3, 0.4) is 0 Å². The number of H-pyrrole nitrogens is 1. The number of halogens is 1. The van der Waals surface area contributed by atoms with E-state index in [0.29, 0.717) is 21.5 Å². The number of hydrogen-bond donors (Lipinski definition) is 2. The van der Waals surface area contributed by atoms with Gasteiger partial charge in [0.25, 0.3) is 0 Å². The molecule has 1 amide bonds. The monoisotopic (exact) mass is 313 g/mol. The first kappa shape index (κ1) is 12.7. The summed E-state index contributed by atoms with van der Waals surface area (Å²) in [4.78, 5) is 19.6. The number of amides is 1. The van der Waals surface area contributed by atoms with E-state index in [9.17, 15) is 4.79 Å². The zero-order chi connectivity index (χ0) is 13.3. The molecule has 0 atom stereocenters. The van der Waals surface area contributed by atoms with Gasteiger partial charge in [0.15, 0.2) is 11.5 Å². The topological polar surface area (TPSA) is 92.8 Å². The van der Waals surface area contributed by atoms with Gasteiger partial charge in [-0.15, -0.1) is 0 Å². The Labute approximate surface area is 111 Å². The van der Waals surface area contributed by atoms with Crippen LogP contribution in [0.15, 0.2) is 10.9 Å². The second-order valence-electron chi connectivity index (χ2n) is 4.59. The van der Waals surface area contributed by atoms with E-state index >= 15 is 0 Å². The van der Waals surface area contributed by atoms with E-state index in [2.05, 4.69) is 41.4 Å². The van der Waals surface area contributed by atoms with Gasteiger partial charge in [0.05, 0.1) is 5.39 Å². The summed E-state index contributed by atoms with van der Waals surface area (Å²) in [6.07, 6.45) is 0.748.